The van der Waals surface area contributed by atoms with Gasteiger partial charge in [0.05, 0.1) is 11.8 Å². The third-order valence-electron chi connectivity index (χ3n) is 3.55. The summed E-state index contributed by atoms with van der Waals surface area (Å²) in [6.45, 7) is 3.13. The van der Waals surface area contributed by atoms with Crippen LogP contribution in [0.15, 0.2) is 27.6 Å². The lowest BCUT2D eigenvalue weighted by atomic mass is 10.0. The standard InChI is InChI=1S/C13H19BrN2O3S/c1-2-12-9(5-6-19-12)8-16-20(17,18)13-7-10(14)3-4-11(13)15/h3-4,7,9,12,16H,2,5-6,8,15H2,1H3. The molecule has 0 amide bonds. The van der Waals surface area contributed by atoms with Crippen LogP contribution in [0.25, 0.3) is 0 Å². The maximum absolute atomic E-state index is 12.3. The molecule has 1 aliphatic rings. The van der Waals surface area contributed by atoms with Crippen LogP contribution in [0.4, 0.5) is 5.69 Å². The second-order valence-electron chi connectivity index (χ2n) is 4.90. The summed E-state index contributed by atoms with van der Waals surface area (Å²) in [5.74, 6) is 0.225. The van der Waals surface area contributed by atoms with Crippen molar-refractivity contribution in [1.82, 2.24) is 4.72 Å². The lowest BCUT2D eigenvalue weighted by Crippen LogP contribution is -2.33. The Kier molecular flexibility index (Phi) is 5.06. The second kappa shape index (κ2) is 6.43. The van der Waals surface area contributed by atoms with Gasteiger partial charge in [0.2, 0.25) is 10.0 Å². The topological polar surface area (TPSA) is 81.4 Å². The van der Waals surface area contributed by atoms with E-state index in [1.54, 1.807) is 12.1 Å². The van der Waals surface area contributed by atoms with E-state index in [1.165, 1.54) is 6.07 Å². The van der Waals surface area contributed by atoms with Gasteiger partial charge in [-0.3, -0.25) is 0 Å². The zero-order valence-electron chi connectivity index (χ0n) is 11.3. The van der Waals surface area contributed by atoms with Gasteiger partial charge in [-0.1, -0.05) is 22.9 Å². The van der Waals surface area contributed by atoms with E-state index in [4.69, 9.17) is 10.5 Å². The van der Waals surface area contributed by atoms with E-state index in [2.05, 4.69) is 20.7 Å². The molecular weight excluding hydrogens is 344 g/mol. The highest BCUT2D eigenvalue weighted by molar-refractivity contribution is 9.10. The highest BCUT2D eigenvalue weighted by atomic mass is 79.9. The minimum absolute atomic E-state index is 0.110. The van der Waals surface area contributed by atoms with E-state index in [9.17, 15) is 8.42 Å². The molecule has 2 rings (SSSR count). The number of anilines is 1. The highest BCUT2D eigenvalue weighted by Crippen LogP contribution is 2.25. The summed E-state index contributed by atoms with van der Waals surface area (Å²) in [6, 6.07) is 4.80. The molecule has 0 aliphatic carbocycles. The van der Waals surface area contributed by atoms with E-state index in [-0.39, 0.29) is 22.6 Å². The van der Waals surface area contributed by atoms with Crippen LogP contribution in [0, 0.1) is 5.92 Å². The molecule has 1 aromatic carbocycles. The van der Waals surface area contributed by atoms with Crippen molar-refractivity contribution < 1.29 is 13.2 Å². The Labute approximate surface area is 128 Å². The summed E-state index contributed by atoms with van der Waals surface area (Å²) in [5.41, 5.74) is 5.99. The Morgan fingerprint density at radius 2 is 2.25 bits per heavy atom. The first-order valence-corrected chi connectivity index (χ1v) is 8.88. The smallest absolute Gasteiger partial charge is 0.242 e. The van der Waals surface area contributed by atoms with E-state index in [1.807, 2.05) is 6.92 Å². The summed E-state index contributed by atoms with van der Waals surface area (Å²) in [7, 11) is -3.59. The predicted molar refractivity (Wildman–Crippen MR) is 81.9 cm³/mol. The van der Waals surface area contributed by atoms with Gasteiger partial charge < -0.3 is 10.5 Å². The molecule has 7 heteroatoms. The predicted octanol–water partition coefficient (Wildman–Crippen LogP) is 2.12. The Balaban J connectivity index is 2.09. The van der Waals surface area contributed by atoms with Gasteiger partial charge in [-0.25, -0.2) is 13.1 Å². The number of nitrogens with two attached hydrogens (primary N) is 1. The fraction of sp³-hybridized carbons (Fsp3) is 0.538. The van der Waals surface area contributed by atoms with Crippen molar-refractivity contribution in [3.8, 4) is 0 Å². The number of benzene rings is 1. The lowest BCUT2D eigenvalue weighted by Gasteiger charge is -2.17. The Bertz CT molecular complexity index is 577. The number of rotatable bonds is 5. The van der Waals surface area contributed by atoms with Gasteiger partial charge in [-0.05, 0) is 31.0 Å². The molecule has 0 saturated carbocycles. The minimum atomic E-state index is -3.59. The number of halogens is 1. The van der Waals surface area contributed by atoms with Crippen LogP contribution in [0.5, 0.6) is 0 Å². The van der Waals surface area contributed by atoms with Crippen molar-refractivity contribution in [2.75, 3.05) is 18.9 Å². The van der Waals surface area contributed by atoms with E-state index < -0.39 is 10.0 Å². The zero-order valence-corrected chi connectivity index (χ0v) is 13.7. The lowest BCUT2D eigenvalue weighted by molar-refractivity contribution is 0.0884. The molecule has 112 valence electrons. The fourth-order valence-corrected chi connectivity index (χ4v) is 4.17. The highest BCUT2D eigenvalue weighted by Gasteiger charge is 2.28. The molecule has 20 heavy (non-hydrogen) atoms. The molecule has 2 unspecified atom stereocenters. The van der Waals surface area contributed by atoms with Gasteiger partial charge in [0.15, 0.2) is 0 Å². The van der Waals surface area contributed by atoms with Crippen LogP contribution in [0.1, 0.15) is 19.8 Å². The molecule has 1 saturated heterocycles. The summed E-state index contributed by atoms with van der Waals surface area (Å²) < 4.78 is 33.5. The largest absolute Gasteiger partial charge is 0.398 e. The first kappa shape index (κ1) is 15.8. The molecule has 1 aromatic rings. The third-order valence-corrected chi connectivity index (χ3v) is 5.52. The number of hydrogen-bond acceptors (Lipinski definition) is 4. The summed E-state index contributed by atoms with van der Waals surface area (Å²) >= 11 is 3.26. The van der Waals surface area contributed by atoms with Crippen molar-refractivity contribution >= 4 is 31.6 Å². The number of sulfonamides is 1. The average molecular weight is 363 g/mol. The van der Waals surface area contributed by atoms with E-state index in [0.29, 0.717) is 17.6 Å². The van der Waals surface area contributed by atoms with Gasteiger partial charge in [-0.15, -0.1) is 0 Å². The Morgan fingerprint density at radius 1 is 1.50 bits per heavy atom. The van der Waals surface area contributed by atoms with Gasteiger partial charge in [0.1, 0.15) is 4.90 Å². The zero-order chi connectivity index (χ0) is 14.8. The van der Waals surface area contributed by atoms with Gasteiger partial charge in [0.25, 0.3) is 0 Å². The van der Waals surface area contributed by atoms with Crippen molar-refractivity contribution in [2.45, 2.75) is 30.8 Å². The van der Waals surface area contributed by atoms with Gasteiger partial charge in [-0.2, -0.15) is 0 Å². The molecule has 5 nitrogen and oxygen atoms in total. The van der Waals surface area contributed by atoms with Gasteiger partial charge >= 0.3 is 0 Å². The van der Waals surface area contributed by atoms with Crippen LogP contribution < -0.4 is 10.5 Å². The number of ether oxygens (including phenoxy) is 1. The first-order chi connectivity index (χ1) is 9.44. The van der Waals surface area contributed by atoms with Crippen LogP contribution in [0.3, 0.4) is 0 Å². The molecule has 0 radical (unpaired) electrons. The molecule has 0 aromatic heterocycles. The normalized spacial score (nSPS) is 23.1. The van der Waals surface area contributed by atoms with Crippen molar-refractivity contribution in [1.29, 1.82) is 0 Å². The molecule has 1 aliphatic heterocycles. The maximum atomic E-state index is 12.3. The van der Waals surface area contributed by atoms with Crippen LogP contribution in [0.2, 0.25) is 0 Å². The average Bonchev–Trinajstić information content (AvgIpc) is 2.86. The minimum Gasteiger partial charge on any atom is -0.398 e. The van der Waals surface area contributed by atoms with E-state index >= 15 is 0 Å². The van der Waals surface area contributed by atoms with Crippen LogP contribution in [-0.4, -0.2) is 27.7 Å². The Morgan fingerprint density at radius 3 is 2.95 bits per heavy atom. The maximum Gasteiger partial charge on any atom is 0.242 e. The van der Waals surface area contributed by atoms with E-state index in [0.717, 1.165) is 12.8 Å². The number of hydrogen-bond donors (Lipinski definition) is 2. The second-order valence-corrected chi connectivity index (χ2v) is 7.55. The molecular formula is C13H19BrN2O3S. The SMILES string of the molecule is CCC1OCCC1CNS(=O)(=O)c1cc(Br)ccc1N. The van der Waals surface area contributed by atoms with Gasteiger partial charge in [0, 0.05) is 23.5 Å². The summed E-state index contributed by atoms with van der Waals surface area (Å²) in [5, 5.41) is 0. The third kappa shape index (κ3) is 3.52. The van der Waals surface area contributed by atoms with Crippen molar-refractivity contribution in [3.63, 3.8) is 0 Å². The van der Waals surface area contributed by atoms with Crippen molar-refractivity contribution in [2.24, 2.45) is 5.92 Å². The number of nitrogen functional groups attached to an aromatic ring is 1. The molecule has 0 bridgehead atoms. The molecule has 3 N–H and O–H groups in total. The molecule has 1 fully saturated rings. The Hall–Kier alpha value is -0.630. The van der Waals surface area contributed by atoms with Crippen LogP contribution >= 0.6 is 15.9 Å². The fourth-order valence-electron chi connectivity index (χ4n) is 2.41. The molecule has 2 atom stereocenters. The van der Waals surface area contributed by atoms with Crippen LogP contribution in [-0.2, 0) is 14.8 Å². The summed E-state index contributed by atoms with van der Waals surface area (Å²) in [6.07, 6.45) is 1.91. The summed E-state index contributed by atoms with van der Waals surface area (Å²) in [4.78, 5) is 0.110. The molecule has 1 heterocycles. The number of nitrogens with one attached hydrogen (secondary N) is 1. The molecule has 0 spiro atoms. The quantitative estimate of drug-likeness (QED) is 0.786. The monoisotopic (exact) mass is 362 g/mol. The van der Waals surface area contributed by atoms with Crippen molar-refractivity contribution in [3.05, 3.63) is 22.7 Å². The first-order valence-electron chi connectivity index (χ1n) is 6.60.